The lowest BCUT2D eigenvalue weighted by Crippen LogP contribution is -2.29. The molecule has 1 N–H and O–H groups in total. The van der Waals surface area contributed by atoms with Gasteiger partial charge >= 0.3 is 11.9 Å². The molecule has 194 valence electrons. The van der Waals surface area contributed by atoms with Crippen LogP contribution >= 0.6 is 11.3 Å². The number of hydrogen-bond acceptors (Lipinski definition) is 9. The van der Waals surface area contributed by atoms with Gasteiger partial charge in [-0.15, -0.1) is 0 Å². The van der Waals surface area contributed by atoms with E-state index >= 15 is 0 Å². The lowest BCUT2D eigenvalue weighted by atomic mass is 9.96. The highest BCUT2D eigenvalue weighted by molar-refractivity contribution is 7.17. The van der Waals surface area contributed by atoms with Gasteiger partial charge in [-0.05, 0) is 50.1 Å². The first-order chi connectivity index (χ1) is 18.2. The summed E-state index contributed by atoms with van der Waals surface area (Å²) in [7, 11) is 2.78. The quantitative estimate of drug-likeness (QED) is 0.176. The van der Waals surface area contributed by atoms with Crippen LogP contribution in [0.1, 0.15) is 43.9 Å². The van der Waals surface area contributed by atoms with Crippen LogP contribution in [0.3, 0.4) is 0 Å². The molecule has 1 saturated heterocycles. The fourth-order valence-electron chi connectivity index (χ4n) is 4.57. The average molecular weight is 533 g/mol. The van der Waals surface area contributed by atoms with Crippen molar-refractivity contribution in [2.45, 2.75) is 26.8 Å². The van der Waals surface area contributed by atoms with Crippen molar-refractivity contribution in [1.82, 2.24) is 14.4 Å². The molecule has 1 aromatic carbocycles. The molecule has 4 heterocycles. The molecule has 11 heteroatoms. The molecule has 1 fully saturated rings. The predicted molar refractivity (Wildman–Crippen MR) is 141 cm³/mol. The molecule has 0 spiro atoms. The molecule has 1 amide bonds. The molecule has 0 bridgehead atoms. The zero-order valence-electron chi connectivity index (χ0n) is 21.3. The summed E-state index contributed by atoms with van der Waals surface area (Å²) in [6.45, 7) is 5.29. The summed E-state index contributed by atoms with van der Waals surface area (Å²) >= 11 is 0.938. The third-order valence-electron chi connectivity index (χ3n) is 6.55. The monoisotopic (exact) mass is 532 g/mol. The van der Waals surface area contributed by atoms with Gasteiger partial charge in [-0.3, -0.25) is 14.5 Å². The molecule has 3 aromatic heterocycles. The van der Waals surface area contributed by atoms with Crippen molar-refractivity contribution >= 4 is 45.5 Å². The van der Waals surface area contributed by atoms with Crippen LogP contribution in [0, 0.1) is 20.8 Å². The molecule has 1 atom stereocenters. The largest absolute Gasteiger partial charge is 0.505 e. The van der Waals surface area contributed by atoms with Gasteiger partial charge < -0.3 is 19.0 Å². The van der Waals surface area contributed by atoms with Crippen molar-refractivity contribution in [3.05, 3.63) is 81.3 Å². The van der Waals surface area contributed by atoms with E-state index in [2.05, 4.69) is 9.97 Å². The number of amides is 1. The van der Waals surface area contributed by atoms with Crippen molar-refractivity contribution in [2.24, 2.45) is 0 Å². The first-order valence-electron chi connectivity index (χ1n) is 11.6. The number of ether oxygens (including phenoxy) is 2. The second kappa shape index (κ2) is 9.42. The Morgan fingerprint density at radius 3 is 2.39 bits per heavy atom. The van der Waals surface area contributed by atoms with Crippen LogP contribution < -0.4 is 9.64 Å². The Morgan fingerprint density at radius 2 is 1.76 bits per heavy atom. The lowest BCUT2D eigenvalue weighted by molar-refractivity contribution is -0.132. The minimum absolute atomic E-state index is 0.128. The fraction of sp³-hybridized carbons (Fsp3) is 0.222. The summed E-state index contributed by atoms with van der Waals surface area (Å²) in [5.41, 5.74) is 3.09. The molecule has 0 saturated carbocycles. The predicted octanol–water partition coefficient (Wildman–Crippen LogP) is 4.14. The Kier molecular flexibility index (Phi) is 6.23. The number of hydrogen-bond donors (Lipinski definition) is 1. The Bertz CT molecular complexity index is 1650. The maximum atomic E-state index is 13.5. The normalized spacial score (nSPS) is 16.9. The van der Waals surface area contributed by atoms with E-state index in [4.69, 9.17) is 9.47 Å². The first-order valence-corrected chi connectivity index (χ1v) is 12.4. The van der Waals surface area contributed by atoms with Crippen LogP contribution in [0.2, 0.25) is 0 Å². The Balaban J connectivity index is 1.75. The van der Waals surface area contributed by atoms with E-state index in [-0.39, 0.29) is 21.3 Å². The van der Waals surface area contributed by atoms with Crippen LogP contribution in [0.4, 0.5) is 5.13 Å². The number of pyridine rings is 1. The maximum Gasteiger partial charge on any atom is 0.350 e. The topological polar surface area (TPSA) is 123 Å². The number of aliphatic hydroxyl groups excluding tert-OH is 1. The van der Waals surface area contributed by atoms with Gasteiger partial charge in [0.15, 0.2) is 10.9 Å². The fourth-order valence-corrected chi connectivity index (χ4v) is 5.58. The highest BCUT2D eigenvalue weighted by atomic mass is 32.1. The number of imidazole rings is 1. The number of esters is 1. The van der Waals surface area contributed by atoms with E-state index in [1.165, 1.54) is 19.1 Å². The zero-order valence-corrected chi connectivity index (χ0v) is 22.1. The number of aromatic nitrogens is 3. The van der Waals surface area contributed by atoms with Crippen molar-refractivity contribution in [2.75, 3.05) is 19.1 Å². The lowest BCUT2D eigenvalue weighted by Gasteiger charge is -2.23. The highest BCUT2D eigenvalue weighted by Crippen LogP contribution is 2.44. The standard InChI is InChI=1S/C27H24N4O6S/c1-13-7-6-12-30-15(3)19(29-24(13)30)21(32)18-20(16-8-10-17(36-4)11-9-16)31(25(34)22(18)33)27-28-14(2)23(38-27)26(35)37-5/h6-12,20,32H,1-5H3. The molecule has 1 aliphatic heterocycles. The third kappa shape index (κ3) is 3.82. The summed E-state index contributed by atoms with van der Waals surface area (Å²) < 4.78 is 11.9. The number of thiazole rings is 1. The van der Waals surface area contributed by atoms with Gasteiger partial charge in [0.1, 0.15) is 22.0 Å². The van der Waals surface area contributed by atoms with Gasteiger partial charge in [-0.1, -0.05) is 29.5 Å². The van der Waals surface area contributed by atoms with Crippen LogP contribution in [0.5, 0.6) is 5.75 Å². The van der Waals surface area contributed by atoms with Gasteiger partial charge in [-0.2, -0.15) is 0 Å². The van der Waals surface area contributed by atoms with E-state index in [0.717, 1.165) is 16.9 Å². The zero-order chi connectivity index (χ0) is 27.3. The van der Waals surface area contributed by atoms with Crippen molar-refractivity contribution in [3.63, 3.8) is 0 Å². The molecule has 5 rings (SSSR count). The van der Waals surface area contributed by atoms with Crippen molar-refractivity contribution in [1.29, 1.82) is 0 Å². The van der Waals surface area contributed by atoms with Gasteiger partial charge in [0.2, 0.25) is 0 Å². The molecule has 1 aliphatic rings. The number of ketones is 1. The molecule has 0 aliphatic carbocycles. The number of Topliss-reactive ketones (excluding diaryl/α,β-unsaturated/α-hetero) is 1. The van der Waals surface area contributed by atoms with Crippen molar-refractivity contribution in [3.8, 4) is 5.75 Å². The number of methoxy groups -OCH3 is 2. The average Bonchev–Trinajstić information content (AvgIpc) is 3.55. The number of fused-ring (bicyclic) bond motifs is 1. The number of carbonyl (C=O) groups excluding carboxylic acids is 3. The Labute approximate surface area is 221 Å². The molecule has 4 aromatic rings. The van der Waals surface area contributed by atoms with Crippen molar-refractivity contribution < 1.29 is 29.0 Å². The molecular weight excluding hydrogens is 508 g/mol. The summed E-state index contributed by atoms with van der Waals surface area (Å²) in [4.78, 5) is 49.6. The van der Waals surface area contributed by atoms with E-state index in [1.807, 2.05) is 29.7 Å². The number of aliphatic hydroxyl groups is 1. The molecule has 1 unspecified atom stereocenters. The van der Waals surface area contributed by atoms with Gasteiger partial charge in [0.05, 0.1) is 37.2 Å². The van der Waals surface area contributed by atoms with Gasteiger partial charge in [0.25, 0.3) is 5.78 Å². The molecule has 0 radical (unpaired) electrons. The molecule has 10 nitrogen and oxygen atoms in total. The van der Waals surface area contributed by atoms with E-state index < -0.39 is 29.5 Å². The maximum absolute atomic E-state index is 13.5. The number of rotatable bonds is 5. The Hall–Kier alpha value is -4.51. The smallest absolute Gasteiger partial charge is 0.350 e. The number of anilines is 1. The van der Waals surface area contributed by atoms with Crippen LogP contribution in [0.15, 0.2) is 48.2 Å². The van der Waals surface area contributed by atoms with E-state index in [1.54, 1.807) is 38.1 Å². The number of nitrogens with zero attached hydrogens (tertiary/aromatic N) is 4. The first kappa shape index (κ1) is 25.2. The van der Waals surface area contributed by atoms with Crippen LogP contribution in [0.25, 0.3) is 11.4 Å². The van der Waals surface area contributed by atoms with Gasteiger partial charge in [-0.25, -0.2) is 14.8 Å². The number of benzene rings is 1. The third-order valence-corrected chi connectivity index (χ3v) is 7.68. The summed E-state index contributed by atoms with van der Waals surface area (Å²) in [6.07, 6.45) is 1.81. The summed E-state index contributed by atoms with van der Waals surface area (Å²) in [6, 6.07) is 9.54. The number of aryl methyl sites for hydroxylation is 3. The summed E-state index contributed by atoms with van der Waals surface area (Å²) in [5, 5.41) is 11.7. The van der Waals surface area contributed by atoms with Gasteiger partial charge in [0, 0.05) is 6.20 Å². The highest BCUT2D eigenvalue weighted by Gasteiger charge is 2.49. The molecular formula is C27H24N4O6S. The Morgan fingerprint density at radius 1 is 1.05 bits per heavy atom. The second-order valence-electron chi connectivity index (χ2n) is 8.78. The minimum atomic E-state index is -1.03. The van der Waals surface area contributed by atoms with Crippen LogP contribution in [-0.4, -0.2) is 51.4 Å². The molecule has 38 heavy (non-hydrogen) atoms. The van der Waals surface area contributed by atoms with E-state index in [0.29, 0.717) is 28.3 Å². The summed E-state index contributed by atoms with van der Waals surface area (Å²) in [5.74, 6) is -2.18. The number of carbonyl (C=O) groups is 3. The SMILES string of the molecule is COC(=O)c1sc(N2C(=O)C(=O)C(=C(O)c3nc4c(C)cccn4c3C)C2c2ccc(OC)cc2)nc1C. The second-order valence-corrected chi connectivity index (χ2v) is 9.75. The van der Waals surface area contributed by atoms with Crippen LogP contribution in [-0.2, 0) is 14.3 Å². The van der Waals surface area contributed by atoms with E-state index in [9.17, 15) is 19.5 Å². The minimum Gasteiger partial charge on any atom is -0.505 e.